The first kappa shape index (κ1) is 15.1. The van der Waals surface area contributed by atoms with Crippen LogP contribution in [0.15, 0.2) is 12.1 Å². The largest absolute Gasteiger partial charge is 0.493 e. The van der Waals surface area contributed by atoms with Gasteiger partial charge in [-0.3, -0.25) is 4.79 Å². The normalized spacial score (nSPS) is 14.9. The van der Waals surface area contributed by atoms with Crippen LogP contribution in [-0.4, -0.2) is 61.7 Å². The number of nitrogens with two attached hydrogens (primary N) is 1. The van der Waals surface area contributed by atoms with E-state index in [1.54, 1.807) is 31.3 Å². The molecule has 1 aromatic carbocycles. The second-order valence-electron chi connectivity index (χ2n) is 5.26. The number of methoxy groups -OCH3 is 2. The maximum atomic E-state index is 10.8. The lowest BCUT2D eigenvalue weighted by molar-refractivity contribution is -0.118. The summed E-state index contributed by atoms with van der Waals surface area (Å²) in [5.74, 6) is 2.13. The molecule has 1 aliphatic rings. The molecule has 1 fully saturated rings. The number of aromatic nitrogens is 2. The predicted octanol–water partition coefficient (Wildman–Crippen LogP) is 0.508. The number of anilines is 2. The Hall–Kier alpha value is -2.77. The summed E-state index contributed by atoms with van der Waals surface area (Å²) in [5, 5.41) is 0.720. The fraction of sp³-hybridized carbons (Fsp3) is 0.400. The third-order valence-corrected chi connectivity index (χ3v) is 3.96. The SMILES string of the molecule is COc1cc2nc(N3CCN(C=O)CC3)nc(N)c2cc1OC. The summed E-state index contributed by atoms with van der Waals surface area (Å²) in [7, 11) is 3.15. The second-order valence-corrected chi connectivity index (χ2v) is 5.26. The van der Waals surface area contributed by atoms with Crippen LogP contribution in [0.1, 0.15) is 0 Å². The molecule has 0 aliphatic carbocycles. The molecule has 2 N–H and O–H groups in total. The molecule has 122 valence electrons. The number of amides is 1. The standard InChI is InChI=1S/C15H19N5O3/c1-22-12-7-10-11(8-13(12)23-2)17-15(18-14(10)16)20-5-3-19(9-21)4-6-20/h7-9H,3-6H2,1-2H3,(H2,16,17,18). The molecule has 2 heterocycles. The van der Waals surface area contributed by atoms with Crippen LogP contribution in [0.3, 0.4) is 0 Å². The Balaban J connectivity index is 1.98. The number of nitrogen functional groups attached to an aromatic ring is 1. The van der Waals surface area contributed by atoms with Gasteiger partial charge >= 0.3 is 0 Å². The summed E-state index contributed by atoms with van der Waals surface area (Å²) in [6, 6.07) is 3.56. The number of hydrogen-bond donors (Lipinski definition) is 1. The van der Waals surface area contributed by atoms with E-state index in [-0.39, 0.29) is 0 Å². The van der Waals surface area contributed by atoms with Crippen LogP contribution in [0.2, 0.25) is 0 Å². The van der Waals surface area contributed by atoms with Crippen LogP contribution in [-0.2, 0) is 4.79 Å². The Kier molecular flexibility index (Phi) is 4.05. The summed E-state index contributed by atoms with van der Waals surface area (Å²) in [4.78, 5) is 23.5. The van der Waals surface area contributed by atoms with E-state index in [9.17, 15) is 4.79 Å². The molecule has 8 nitrogen and oxygen atoms in total. The average molecular weight is 317 g/mol. The minimum Gasteiger partial charge on any atom is -0.493 e. The molecule has 1 aliphatic heterocycles. The van der Waals surface area contributed by atoms with Crippen LogP contribution in [0.4, 0.5) is 11.8 Å². The van der Waals surface area contributed by atoms with Crippen LogP contribution in [0.5, 0.6) is 11.5 Å². The summed E-state index contributed by atoms with van der Waals surface area (Å²) >= 11 is 0. The minimum atomic E-state index is 0.392. The minimum absolute atomic E-state index is 0.392. The maximum Gasteiger partial charge on any atom is 0.228 e. The fourth-order valence-electron chi connectivity index (χ4n) is 2.64. The Morgan fingerprint density at radius 3 is 2.35 bits per heavy atom. The van der Waals surface area contributed by atoms with E-state index in [0.29, 0.717) is 55.0 Å². The fourth-order valence-corrected chi connectivity index (χ4v) is 2.64. The number of fused-ring (bicyclic) bond motifs is 1. The second kappa shape index (κ2) is 6.15. The Bertz CT molecular complexity index is 729. The van der Waals surface area contributed by atoms with Gasteiger partial charge in [-0.05, 0) is 6.07 Å². The summed E-state index contributed by atoms with van der Waals surface area (Å²) in [6.45, 7) is 2.65. The molecule has 3 rings (SSSR count). The average Bonchev–Trinajstić information content (AvgIpc) is 2.60. The van der Waals surface area contributed by atoms with Gasteiger partial charge in [-0.15, -0.1) is 0 Å². The van der Waals surface area contributed by atoms with Crippen molar-refractivity contribution in [3.8, 4) is 11.5 Å². The molecule has 0 bridgehead atoms. The van der Waals surface area contributed by atoms with E-state index in [1.807, 2.05) is 4.90 Å². The number of ether oxygens (including phenoxy) is 2. The summed E-state index contributed by atoms with van der Waals surface area (Å²) < 4.78 is 10.6. The smallest absolute Gasteiger partial charge is 0.228 e. The maximum absolute atomic E-state index is 10.8. The van der Waals surface area contributed by atoms with E-state index in [1.165, 1.54) is 0 Å². The first-order valence-electron chi connectivity index (χ1n) is 7.29. The van der Waals surface area contributed by atoms with Crippen molar-refractivity contribution in [2.24, 2.45) is 0 Å². The zero-order chi connectivity index (χ0) is 16.4. The highest BCUT2D eigenvalue weighted by molar-refractivity contribution is 5.91. The van der Waals surface area contributed by atoms with Gasteiger partial charge < -0.3 is 25.0 Å². The van der Waals surface area contributed by atoms with Gasteiger partial charge in [0.05, 0.1) is 19.7 Å². The lowest BCUT2D eigenvalue weighted by Crippen LogP contribution is -2.46. The Labute approximate surface area is 133 Å². The van der Waals surface area contributed by atoms with Crippen LogP contribution < -0.4 is 20.1 Å². The highest BCUT2D eigenvalue weighted by Gasteiger charge is 2.20. The molecule has 1 saturated heterocycles. The molecule has 0 radical (unpaired) electrons. The molecular weight excluding hydrogens is 298 g/mol. The number of piperazine rings is 1. The van der Waals surface area contributed by atoms with Gasteiger partial charge in [0.15, 0.2) is 11.5 Å². The number of carbonyl (C=O) groups excluding carboxylic acids is 1. The zero-order valence-corrected chi connectivity index (χ0v) is 13.2. The third-order valence-electron chi connectivity index (χ3n) is 3.96. The van der Waals surface area contributed by atoms with Gasteiger partial charge in [-0.2, -0.15) is 4.98 Å². The van der Waals surface area contributed by atoms with Crippen molar-refractivity contribution < 1.29 is 14.3 Å². The lowest BCUT2D eigenvalue weighted by Gasteiger charge is -2.32. The van der Waals surface area contributed by atoms with E-state index < -0.39 is 0 Å². The predicted molar refractivity (Wildman–Crippen MR) is 86.9 cm³/mol. The van der Waals surface area contributed by atoms with E-state index in [2.05, 4.69) is 9.97 Å². The summed E-state index contributed by atoms with van der Waals surface area (Å²) in [6.07, 6.45) is 0.865. The number of nitrogens with zero attached hydrogens (tertiary/aromatic N) is 4. The number of rotatable bonds is 4. The molecule has 1 aromatic heterocycles. The molecule has 0 unspecified atom stereocenters. The Morgan fingerprint density at radius 2 is 1.74 bits per heavy atom. The Morgan fingerprint density at radius 1 is 1.09 bits per heavy atom. The van der Waals surface area contributed by atoms with Crippen molar-refractivity contribution >= 4 is 29.1 Å². The van der Waals surface area contributed by atoms with Gasteiger partial charge in [-0.1, -0.05) is 0 Å². The van der Waals surface area contributed by atoms with Gasteiger partial charge in [0.2, 0.25) is 12.4 Å². The van der Waals surface area contributed by atoms with Crippen molar-refractivity contribution in [3.63, 3.8) is 0 Å². The van der Waals surface area contributed by atoms with E-state index in [4.69, 9.17) is 15.2 Å². The van der Waals surface area contributed by atoms with Gasteiger partial charge in [0.1, 0.15) is 5.82 Å². The van der Waals surface area contributed by atoms with E-state index in [0.717, 1.165) is 11.8 Å². The molecule has 0 atom stereocenters. The molecule has 0 spiro atoms. The van der Waals surface area contributed by atoms with Crippen molar-refractivity contribution in [2.75, 3.05) is 51.0 Å². The number of benzene rings is 1. The first-order chi connectivity index (χ1) is 11.2. The monoisotopic (exact) mass is 317 g/mol. The third kappa shape index (κ3) is 2.79. The van der Waals surface area contributed by atoms with Crippen molar-refractivity contribution in [3.05, 3.63) is 12.1 Å². The molecular formula is C15H19N5O3. The van der Waals surface area contributed by atoms with Gasteiger partial charge in [0, 0.05) is 37.6 Å². The summed E-state index contributed by atoms with van der Waals surface area (Å²) in [5.41, 5.74) is 6.79. The molecule has 0 saturated carbocycles. The van der Waals surface area contributed by atoms with E-state index >= 15 is 0 Å². The molecule has 1 amide bonds. The van der Waals surface area contributed by atoms with Crippen molar-refractivity contribution in [1.82, 2.24) is 14.9 Å². The van der Waals surface area contributed by atoms with Crippen LogP contribution in [0.25, 0.3) is 10.9 Å². The first-order valence-corrected chi connectivity index (χ1v) is 7.29. The molecule has 23 heavy (non-hydrogen) atoms. The molecule has 2 aromatic rings. The quantitative estimate of drug-likeness (QED) is 0.821. The highest BCUT2D eigenvalue weighted by atomic mass is 16.5. The van der Waals surface area contributed by atoms with Gasteiger partial charge in [-0.25, -0.2) is 4.98 Å². The van der Waals surface area contributed by atoms with Crippen LogP contribution in [0, 0.1) is 0 Å². The highest BCUT2D eigenvalue weighted by Crippen LogP contribution is 2.34. The van der Waals surface area contributed by atoms with Crippen molar-refractivity contribution in [1.29, 1.82) is 0 Å². The number of carbonyl (C=O) groups is 1. The van der Waals surface area contributed by atoms with Crippen molar-refractivity contribution in [2.45, 2.75) is 0 Å². The van der Waals surface area contributed by atoms with Crippen LogP contribution >= 0.6 is 0 Å². The topological polar surface area (TPSA) is 93.8 Å². The zero-order valence-electron chi connectivity index (χ0n) is 13.2. The number of hydrogen-bond acceptors (Lipinski definition) is 7. The van der Waals surface area contributed by atoms with Gasteiger partial charge in [0.25, 0.3) is 0 Å². The lowest BCUT2D eigenvalue weighted by atomic mass is 10.2. The molecule has 8 heteroatoms.